The van der Waals surface area contributed by atoms with E-state index in [1.54, 1.807) is 14.2 Å². The van der Waals surface area contributed by atoms with Gasteiger partial charge in [-0.15, -0.1) is 0 Å². The van der Waals surface area contributed by atoms with E-state index in [1.165, 1.54) is 0 Å². The normalized spacial score (nSPS) is 11.4. The summed E-state index contributed by atoms with van der Waals surface area (Å²) < 4.78 is 11.8. The minimum atomic E-state index is 0.0656. The predicted molar refractivity (Wildman–Crippen MR) is 189 cm³/mol. The third-order valence-electron chi connectivity index (χ3n) is 9.05. The van der Waals surface area contributed by atoms with Gasteiger partial charge in [0.05, 0.1) is 14.2 Å². The molecule has 0 aliphatic rings. The topological polar surface area (TPSA) is 58.9 Å². The molecule has 0 heterocycles. The van der Waals surface area contributed by atoms with Gasteiger partial charge in [0.15, 0.2) is 0 Å². The molecule has 2 N–H and O–H groups in total. The number of ether oxygens (including phenoxy) is 2. The molecule has 0 fully saturated rings. The highest BCUT2D eigenvalue weighted by Crippen LogP contribution is 2.54. The molecule has 0 bridgehead atoms. The molecule has 0 atom stereocenters. The highest BCUT2D eigenvalue weighted by atomic mass is 16.5. The summed E-state index contributed by atoms with van der Waals surface area (Å²) >= 11 is 0. The molecule has 0 radical (unpaired) electrons. The van der Waals surface area contributed by atoms with Crippen LogP contribution in [0.25, 0.3) is 76.5 Å². The first-order valence-electron chi connectivity index (χ1n) is 15.2. The number of hydrogen-bond acceptors (Lipinski definition) is 4. The maximum atomic E-state index is 12.5. The van der Waals surface area contributed by atoms with Crippen molar-refractivity contribution in [1.82, 2.24) is 0 Å². The average Bonchev–Trinajstić information content (AvgIpc) is 3.11. The zero-order valence-corrected chi connectivity index (χ0v) is 25.4. The van der Waals surface area contributed by atoms with E-state index >= 15 is 0 Å². The minimum Gasteiger partial charge on any atom is -0.507 e. The molecule has 0 aliphatic heterocycles. The third kappa shape index (κ3) is 4.15. The van der Waals surface area contributed by atoms with Crippen LogP contribution in [0, 0.1) is 0 Å². The van der Waals surface area contributed by atoms with Crippen LogP contribution >= 0.6 is 0 Å². The Balaban J connectivity index is 1.54. The van der Waals surface area contributed by atoms with E-state index in [1.807, 2.05) is 121 Å². The van der Waals surface area contributed by atoms with Crippen molar-refractivity contribution in [1.29, 1.82) is 0 Å². The second kappa shape index (κ2) is 10.9. The maximum absolute atomic E-state index is 12.5. The van der Waals surface area contributed by atoms with Crippen LogP contribution < -0.4 is 9.47 Å². The summed E-state index contributed by atoms with van der Waals surface area (Å²) in [7, 11) is 3.29. The molecular weight excluding hydrogens is 568 g/mol. The molecule has 4 nitrogen and oxygen atoms in total. The van der Waals surface area contributed by atoms with Crippen molar-refractivity contribution < 1.29 is 19.7 Å². The molecule has 8 aromatic carbocycles. The first-order chi connectivity index (χ1) is 22.6. The fourth-order valence-corrected chi connectivity index (χ4v) is 6.96. The average molecular weight is 599 g/mol. The Morgan fingerprint density at radius 3 is 1.07 bits per heavy atom. The van der Waals surface area contributed by atoms with Crippen molar-refractivity contribution >= 4 is 43.1 Å². The van der Waals surface area contributed by atoms with Gasteiger partial charge in [-0.2, -0.15) is 0 Å². The van der Waals surface area contributed by atoms with Gasteiger partial charge in [0.25, 0.3) is 0 Å². The van der Waals surface area contributed by atoms with Gasteiger partial charge in [-0.25, -0.2) is 0 Å². The smallest absolute Gasteiger partial charge is 0.132 e. The Bertz CT molecular complexity index is 2300. The van der Waals surface area contributed by atoms with E-state index in [4.69, 9.17) is 9.47 Å². The van der Waals surface area contributed by atoms with E-state index in [9.17, 15) is 10.2 Å². The first-order valence-corrected chi connectivity index (χ1v) is 15.2. The molecule has 0 spiro atoms. The van der Waals surface area contributed by atoms with Crippen molar-refractivity contribution in [3.63, 3.8) is 0 Å². The third-order valence-corrected chi connectivity index (χ3v) is 9.05. The number of phenols is 2. The maximum Gasteiger partial charge on any atom is 0.132 e. The van der Waals surface area contributed by atoms with Gasteiger partial charge in [0, 0.05) is 33.4 Å². The molecule has 0 saturated heterocycles. The van der Waals surface area contributed by atoms with Crippen molar-refractivity contribution in [2.45, 2.75) is 0 Å². The zero-order valence-electron chi connectivity index (χ0n) is 25.4. The Labute approximate surface area is 266 Å². The molecule has 46 heavy (non-hydrogen) atoms. The van der Waals surface area contributed by atoms with Gasteiger partial charge >= 0.3 is 0 Å². The van der Waals surface area contributed by atoms with Gasteiger partial charge in [-0.05, 0) is 67.4 Å². The van der Waals surface area contributed by atoms with Crippen LogP contribution in [-0.2, 0) is 0 Å². The lowest BCUT2D eigenvalue weighted by Crippen LogP contribution is -1.95. The summed E-state index contributed by atoms with van der Waals surface area (Å²) in [5.74, 6) is 1.43. The Kier molecular flexibility index (Phi) is 6.50. The predicted octanol–water partition coefficient (Wildman–Crippen LogP) is 10.7. The number of fused-ring (bicyclic) bond motifs is 4. The molecule has 0 saturated carbocycles. The lowest BCUT2D eigenvalue weighted by molar-refractivity contribution is 0.416. The molecule has 8 rings (SSSR count). The zero-order chi connectivity index (χ0) is 31.4. The lowest BCUT2D eigenvalue weighted by Gasteiger charge is -2.21. The fourth-order valence-electron chi connectivity index (χ4n) is 6.96. The summed E-state index contributed by atoms with van der Waals surface area (Å²) in [5, 5.41) is 32.5. The van der Waals surface area contributed by atoms with E-state index in [2.05, 4.69) is 12.1 Å². The van der Waals surface area contributed by atoms with Crippen LogP contribution in [0.3, 0.4) is 0 Å². The Hall–Kier alpha value is -6.00. The highest BCUT2D eigenvalue weighted by molar-refractivity contribution is 6.16. The van der Waals surface area contributed by atoms with Crippen molar-refractivity contribution in [2.75, 3.05) is 14.2 Å². The largest absolute Gasteiger partial charge is 0.507 e. The molecule has 8 aromatic rings. The quantitative estimate of drug-likeness (QED) is 0.207. The van der Waals surface area contributed by atoms with Crippen molar-refractivity contribution in [3.8, 4) is 56.4 Å². The van der Waals surface area contributed by atoms with Gasteiger partial charge in [0.1, 0.15) is 23.0 Å². The van der Waals surface area contributed by atoms with Gasteiger partial charge in [-0.1, -0.05) is 109 Å². The number of phenolic OH excluding ortho intramolecular Hbond substituents is 2. The Morgan fingerprint density at radius 1 is 0.370 bits per heavy atom. The van der Waals surface area contributed by atoms with Crippen LogP contribution in [0.5, 0.6) is 23.0 Å². The summed E-state index contributed by atoms with van der Waals surface area (Å²) in [6.07, 6.45) is 0. The van der Waals surface area contributed by atoms with Crippen LogP contribution in [0.1, 0.15) is 0 Å². The number of hydrogen-bond donors (Lipinski definition) is 2. The molecule has 0 amide bonds. The first kappa shape index (κ1) is 27.5. The molecule has 4 heteroatoms. The lowest BCUT2D eigenvalue weighted by atomic mass is 9.85. The highest BCUT2D eigenvalue weighted by Gasteiger charge is 2.26. The number of benzene rings is 8. The summed E-state index contributed by atoms with van der Waals surface area (Å²) in [6.45, 7) is 0. The van der Waals surface area contributed by atoms with Gasteiger partial charge < -0.3 is 19.7 Å². The molecule has 0 aliphatic carbocycles. The van der Waals surface area contributed by atoms with Crippen LogP contribution in [0.2, 0.25) is 0 Å². The van der Waals surface area contributed by atoms with E-state index in [-0.39, 0.29) is 11.5 Å². The minimum absolute atomic E-state index is 0.0656. The second-order valence-corrected chi connectivity index (χ2v) is 11.5. The van der Waals surface area contributed by atoms with E-state index in [0.717, 1.165) is 54.2 Å². The number of methoxy groups -OCH3 is 2. The Morgan fingerprint density at radius 2 is 0.696 bits per heavy atom. The molecule has 222 valence electrons. The molecular formula is C42H30O4. The van der Waals surface area contributed by atoms with Crippen LogP contribution in [-0.4, -0.2) is 24.4 Å². The number of rotatable bonds is 5. The van der Waals surface area contributed by atoms with Crippen LogP contribution in [0.15, 0.2) is 133 Å². The second-order valence-electron chi connectivity index (χ2n) is 11.5. The van der Waals surface area contributed by atoms with E-state index in [0.29, 0.717) is 33.8 Å². The molecule has 0 aromatic heterocycles. The fraction of sp³-hybridized carbons (Fsp3) is 0.0476. The monoisotopic (exact) mass is 598 g/mol. The number of aromatic hydroxyl groups is 2. The van der Waals surface area contributed by atoms with Crippen molar-refractivity contribution in [2.24, 2.45) is 0 Å². The van der Waals surface area contributed by atoms with Crippen molar-refractivity contribution in [3.05, 3.63) is 133 Å². The van der Waals surface area contributed by atoms with Gasteiger partial charge in [-0.3, -0.25) is 0 Å². The van der Waals surface area contributed by atoms with E-state index < -0.39 is 0 Å². The van der Waals surface area contributed by atoms with Crippen LogP contribution in [0.4, 0.5) is 0 Å². The summed E-state index contributed by atoms with van der Waals surface area (Å²) in [6, 6.07) is 44.1. The molecule has 0 unspecified atom stereocenters. The van der Waals surface area contributed by atoms with Gasteiger partial charge in [0.2, 0.25) is 0 Å². The SMILES string of the molecule is COc1ccc2ccccc2c1-c1cc2ccccc2c(-c2c(O)c(-c3c(OC)ccc4ccccc34)cc3ccccc23)c1O. The summed E-state index contributed by atoms with van der Waals surface area (Å²) in [4.78, 5) is 0. The summed E-state index contributed by atoms with van der Waals surface area (Å²) in [5.41, 5.74) is 3.94. The standard InChI is InChI=1S/C42H30O4/c1-45-35-21-19-25-11-3-7-15-29(25)37(35)33-23-27-13-5-9-17-31(27)39(41(33)43)40-32-18-10-6-14-28(32)24-34(42(40)44)38-30-16-8-4-12-26(30)20-22-36(38)46-2/h3-24,43-44H,1-2H3.